The van der Waals surface area contributed by atoms with Crippen LogP contribution in [0.4, 0.5) is 0 Å². The largest absolute Gasteiger partial charge is 0.288 e. The first-order chi connectivity index (χ1) is 10.1. The van der Waals surface area contributed by atoms with E-state index in [1.807, 2.05) is 0 Å². The van der Waals surface area contributed by atoms with Gasteiger partial charge >= 0.3 is 0 Å². The summed E-state index contributed by atoms with van der Waals surface area (Å²) in [6.45, 7) is 0. The van der Waals surface area contributed by atoms with Gasteiger partial charge in [0.25, 0.3) is 0 Å². The number of hydrogen-bond donors (Lipinski definition) is 1. The second-order valence-electron chi connectivity index (χ2n) is 4.58. The van der Waals surface area contributed by atoms with Crippen LogP contribution < -0.4 is 4.72 Å². The molecule has 1 aliphatic carbocycles. The third-order valence-corrected chi connectivity index (χ3v) is 6.55. The Morgan fingerprint density at radius 2 is 1.71 bits per heavy atom. The molecule has 0 spiro atoms. The summed E-state index contributed by atoms with van der Waals surface area (Å²) in [6.07, 6.45) is 0. The highest BCUT2D eigenvalue weighted by molar-refractivity contribution is 7.94. The van der Waals surface area contributed by atoms with Crippen molar-refractivity contribution in [3.8, 4) is 0 Å². The molecule has 0 bridgehead atoms. The van der Waals surface area contributed by atoms with Crippen LogP contribution in [0.15, 0.2) is 61.7 Å². The number of ketones is 2. The number of Topliss-reactive ketones (excluding diaryl/α,β-unsaturated/α-hetero) is 2. The van der Waals surface area contributed by atoms with E-state index in [9.17, 15) is 13.8 Å². The Labute approximate surface area is 124 Å². The first-order valence-electron chi connectivity index (χ1n) is 6.11. The van der Waals surface area contributed by atoms with E-state index in [1.165, 1.54) is 11.3 Å². The van der Waals surface area contributed by atoms with Crippen LogP contribution in [0.1, 0.15) is 20.7 Å². The predicted molar refractivity (Wildman–Crippen MR) is 78.4 cm³/mol. The van der Waals surface area contributed by atoms with E-state index in [-0.39, 0.29) is 23.0 Å². The molecule has 1 aromatic carbocycles. The minimum absolute atomic E-state index is 0.0305. The zero-order chi connectivity index (χ0) is 14.6. The lowest BCUT2D eigenvalue weighted by Gasteiger charge is -2.14. The number of carbonyl (C=O) groups is 2. The SMILES string of the molecule is O=C1C2=C(NS(=O)(c3cccs3)=N2)C(=O)c2ccccc21. The fourth-order valence-electron chi connectivity index (χ4n) is 2.35. The van der Waals surface area contributed by atoms with Crippen LogP contribution in [0.25, 0.3) is 0 Å². The number of fused-ring (bicyclic) bond motifs is 1. The fourth-order valence-corrected chi connectivity index (χ4v) is 5.12. The van der Waals surface area contributed by atoms with Crippen molar-refractivity contribution in [2.45, 2.75) is 4.21 Å². The minimum Gasteiger partial charge on any atom is -0.288 e. The molecule has 1 atom stereocenters. The molecule has 1 aliphatic heterocycles. The standard InChI is InChI=1S/C14H8N2O3S2/c17-13-8-4-1-2-5-9(8)14(18)12-11(13)15-21(19,16-12)10-6-3-7-20-10/h1-7H,(H,15,16,19). The molecule has 2 aromatic rings. The number of hydrogen-bond acceptors (Lipinski definition) is 5. The summed E-state index contributed by atoms with van der Waals surface area (Å²) in [7, 11) is -2.98. The molecular formula is C14H8N2O3S2. The summed E-state index contributed by atoms with van der Waals surface area (Å²) in [4.78, 5) is 24.9. The van der Waals surface area contributed by atoms with Crippen LogP contribution in [-0.4, -0.2) is 15.8 Å². The number of carbonyl (C=O) groups excluding carboxylic acids is 2. The number of benzene rings is 1. The van der Waals surface area contributed by atoms with E-state index in [2.05, 4.69) is 9.08 Å². The molecule has 0 saturated carbocycles. The van der Waals surface area contributed by atoms with Gasteiger partial charge in [-0.3, -0.25) is 14.3 Å². The molecule has 2 heterocycles. The van der Waals surface area contributed by atoms with Gasteiger partial charge in [-0.15, -0.1) is 11.3 Å². The zero-order valence-electron chi connectivity index (χ0n) is 10.5. The summed E-state index contributed by atoms with van der Waals surface area (Å²) >= 11 is 1.27. The third kappa shape index (κ3) is 1.64. The van der Waals surface area contributed by atoms with Crippen molar-refractivity contribution >= 4 is 32.8 Å². The highest BCUT2D eigenvalue weighted by Gasteiger charge is 2.39. The fraction of sp³-hybridized carbons (Fsp3) is 0. The molecule has 1 aromatic heterocycles. The maximum absolute atomic E-state index is 12.8. The summed E-state index contributed by atoms with van der Waals surface area (Å²) in [6, 6.07) is 9.98. The predicted octanol–water partition coefficient (Wildman–Crippen LogP) is 2.38. The average Bonchev–Trinajstić information content (AvgIpc) is 3.13. The monoisotopic (exact) mass is 316 g/mol. The van der Waals surface area contributed by atoms with E-state index in [0.717, 1.165) is 0 Å². The van der Waals surface area contributed by atoms with Crippen LogP contribution >= 0.6 is 11.3 Å². The van der Waals surface area contributed by atoms with Crippen molar-refractivity contribution in [1.29, 1.82) is 0 Å². The Bertz CT molecular complexity index is 948. The third-order valence-electron chi connectivity index (χ3n) is 3.32. The lowest BCUT2D eigenvalue weighted by atomic mass is 9.91. The molecular weight excluding hydrogens is 308 g/mol. The summed E-state index contributed by atoms with van der Waals surface area (Å²) in [5, 5.41) is 1.77. The molecule has 0 fully saturated rings. The lowest BCUT2D eigenvalue weighted by Crippen LogP contribution is -2.27. The number of rotatable bonds is 1. The molecule has 2 aliphatic rings. The zero-order valence-corrected chi connectivity index (χ0v) is 12.2. The number of nitrogens with one attached hydrogen (secondary N) is 1. The molecule has 1 N–H and O–H groups in total. The van der Waals surface area contributed by atoms with E-state index >= 15 is 0 Å². The minimum atomic E-state index is -2.98. The molecule has 4 rings (SSSR count). The number of thiophene rings is 1. The summed E-state index contributed by atoms with van der Waals surface area (Å²) in [5.41, 5.74) is 0.634. The van der Waals surface area contributed by atoms with Gasteiger partial charge < -0.3 is 0 Å². The van der Waals surface area contributed by atoms with Crippen LogP contribution in [0.3, 0.4) is 0 Å². The van der Waals surface area contributed by atoms with Crippen molar-refractivity contribution in [2.24, 2.45) is 4.36 Å². The van der Waals surface area contributed by atoms with Gasteiger partial charge in [-0.2, -0.15) is 4.36 Å². The van der Waals surface area contributed by atoms with Gasteiger partial charge in [0, 0.05) is 11.1 Å². The first-order valence-corrected chi connectivity index (χ1v) is 8.51. The van der Waals surface area contributed by atoms with Gasteiger partial charge in [0.1, 0.15) is 9.91 Å². The second kappa shape index (κ2) is 4.12. The Kier molecular flexibility index (Phi) is 2.45. The van der Waals surface area contributed by atoms with Gasteiger partial charge in [-0.05, 0) is 11.4 Å². The Morgan fingerprint density at radius 3 is 2.38 bits per heavy atom. The van der Waals surface area contributed by atoms with Crippen LogP contribution in [0, 0.1) is 0 Å². The molecule has 0 amide bonds. The highest BCUT2D eigenvalue weighted by atomic mass is 32.2. The topological polar surface area (TPSA) is 75.6 Å². The van der Waals surface area contributed by atoms with Crippen molar-refractivity contribution in [1.82, 2.24) is 4.72 Å². The first kappa shape index (κ1) is 12.5. The van der Waals surface area contributed by atoms with Crippen molar-refractivity contribution < 1.29 is 13.8 Å². The number of nitrogens with zero attached hydrogens (tertiary/aromatic N) is 1. The molecule has 0 radical (unpaired) electrons. The van der Waals surface area contributed by atoms with Crippen molar-refractivity contribution in [3.63, 3.8) is 0 Å². The van der Waals surface area contributed by atoms with Gasteiger partial charge in [0.05, 0.1) is 0 Å². The van der Waals surface area contributed by atoms with E-state index in [0.29, 0.717) is 15.3 Å². The van der Waals surface area contributed by atoms with Crippen LogP contribution in [0.5, 0.6) is 0 Å². The molecule has 0 saturated heterocycles. The Morgan fingerprint density at radius 1 is 1.00 bits per heavy atom. The molecule has 1 unspecified atom stereocenters. The van der Waals surface area contributed by atoms with Crippen molar-refractivity contribution in [3.05, 3.63) is 64.3 Å². The summed E-state index contributed by atoms with van der Waals surface area (Å²) < 4.78 is 20.1. The van der Waals surface area contributed by atoms with E-state index in [1.54, 1.807) is 41.8 Å². The molecule has 7 heteroatoms. The van der Waals surface area contributed by atoms with Gasteiger partial charge in [-0.1, -0.05) is 30.3 Å². The normalized spacial score (nSPS) is 23.4. The maximum Gasteiger partial charge on any atom is 0.215 e. The molecule has 21 heavy (non-hydrogen) atoms. The molecule has 104 valence electrons. The van der Waals surface area contributed by atoms with Gasteiger partial charge in [-0.25, -0.2) is 4.21 Å². The van der Waals surface area contributed by atoms with E-state index < -0.39 is 9.92 Å². The van der Waals surface area contributed by atoms with Crippen LogP contribution in [0.2, 0.25) is 0 Å². The van der Waals surface area contributed by atoms with Gasteiger partial charge in [0.2, 0.25) is 11.6 Å². The Balaban J connectivity index is 1.90. The maximum atomic E-state index is 12.8. The Hall–Kier alpha value is -2.25. The molecule has 5 nitrogen and oxygen atoms in total. The average molecular weight is 316 g/mol. The lowest BCUT2D eigenvalue weighted by molar-refractivity contribution is 0.0972. The van der Waals surface area contributed by atoms with Crippen LogP contribution in [-0.2, 0) is 9.92 Å². The highest BCUT2D eigenvalue weighted by Crippen LogP contribution is 2.33. The quantitative estimate of drug-likeness (QED) is 0.877. The second-order valence-corrected chi connectivity index (χ2v) is 7.66. The van der Waals surface area contributed by atoms with Crippen molar-refractivity contribution in [2.75, 3.05) is 0 Å². The summed E-state index contributed by atoms with van der Waals surface area (Å²) in [5.74, 6) is -0.708. The van der Waals surface area contributed by atoms with Gasteiger partial charge in [0.15, 0.2) is 15.6 Å². The smallest absolute Gasteiger partial charge is 0.215 e. The number of allylic oxidation sites excluding steroid dienone is 2. The van der Waals surface area contributed by atoms with E-state index in [4.69, 9.17) is 0 Å².